The Morgan fingerprint density at radius 3 is 2.72 bits per heavy atom. The van der Waals surface area contributed by atoms with Crippen molar-refractivity contribution in [3.63, 3.8) is 0 Å². The number of likely N-dealkylation sites (tertiary alicyclic amines) is 1. The number of fused-ring (bicyclic) bond motifs is 1. The first-order valence-corrected chi connectivity index (χ1v) is 7.35. The molecule has 0 saturated carbocycles. The molecule has 2 aromatic rings. The van der Waals surface area contributed by atoms with Gasteiger partial charge in [-0.2, -0.15) is 0 Å². The van der Waals surface area contributed by atoms with Crippen LogP contribution in [0, 0.1) is 6.92 Å². The molecule has 0 atom stereocenters. The molecule has 1 aliphatic rings. The summed E-state index contributed by atoms with van der Waals surface area (Å²) in [6.45, 7) is 3.76. The molecular formula is C14H14ClNOS. The van der Waals surface area contributed by atoms with Crippen molar-refractivity contribution >= 4 is 38.9 Å². The van der Waals surface area contributed by atoms with E-state index in [4.69, 9.17) is 11.6 Å². The number of benzene rings is 1. The Labute approximate surface area is 115 Å². The summed E-state index contributed by atoms with van der Waals surface area (Å²) in [5.74, 6) is 0.0955. The van der Waals surface area contributed by atoms with Crippen LogP contribution in [0.3, 0.4) is 0 Å². The highest BCUT2D eigenvalue weighted by Gasteiger charge is 2.24. The highest BCUT2D eigenvalue weighted by molar-refractivity contribution is 7.21. The van der Waals surface area contributed by atoms with Crippen LogP contribution in [-0.2, 0) is 0 Å². The summed E-state index contributed by atoms with van der Waals surface area (Å²) < 4.78 is 1.10. The van der Waals surface area contributed by atoms with Crippen LogP contribution in [0.25, 0.3) is 10.1 Å². The number of carbonyl (C=O) groups is 1. The van der Waals surface area contributed by atoms with E-state index >= 15 is 0 Å². The smallest absolute Gasteiger partial charge is 0.265 e. The molecular weight excluding hydrogens is 266 g/mol. The number of hydrogen-bond donors (Lipinski definition) is 0. The van der Waals surface area contributed by atoms with Crippen LogP contribution in [0.15, 0.2) is 18.2 Å². The minimum Gasteiger partial charge on any atom is -0.338 e. The van der Waals surface area contributed by atoms with Gasteiger partial charge >= 0.3 is 0 Å². The van der Waals surface area contributed by atoms with Crippen LogP contribution in [0.5, 0.6) is 0 Å². The Hall–Kier alpha value is -1.06. The number of nitrogens with zero attached hydrogens (tertiary/aromatic N) is 1. The van der Waals surface area contributed by atoms with Gasteiger partial charge in [-0.15, -0.1) is 11.3 Å². The molecule has 94 valence electrons. The molecule has 0 spiro atoms. The zero-order valence-corrected chi connectivity index (χ0v) is 11.8. The fourth-order valence-corrected chi connectivity index (χ4v) is 4.12. The molecule has 0 aliphatic carbocycles. The fourth-order valence-electron chi connectivity index (χ4n) is 2.48. The lowest BCUT2D eigenvalue weighted by Gasteiger charge is -2.13. The van der Waals surface area contributed by atoms with E-state index in [-0.39, 0.29) is 5.91 Å². The van der Waals surface area contributed by atoms with Gasteiger partial charge in [0.15, 0.2) is 0 Å². The summed E-state index contributed by atoms with van der Waals surface area (Å²) in [5.41, 5.74) is 1.13. The van der Waals surface area contributed by atoms with Crippen LogP contribution in [0.2, 0.25) is 5.02 Å². The van der Waals surface area contributed by atoms with Crippen LogP contribution in [-0.4, -0.2) is 23.9 Å². The van der Waals surface area contributed by atoms with E-state index < -0.39 is 0 Å². The highest BCUT2D eigenvalue weighted by Crippen LogP contribution is 2.38. The molecule has 1 fully saturated rings. The van der Waals surface area contributed by atoms with Crippen molar-refractivity contribution in [2.45, 2.75) is 19.8 Å². The Morgan fingerprint density at radius 2 is 2.06 bits per heavy atom. The van der Waals surface area contributed by atoms with E-state index in [1.54, 1.807) is 0 Å². The average Bonchev–Trinajstić information content (AvgIpc) is 2.97. The zero-order valence-electron chi connectivity index (χ0n) is 10.2. The molecule has 2 heterocycles. The van der Waals surface area contributed by atoms with Crippen LogP contribution >= 0.6 is 22.9 Å². The highest BCUT2D eigenvalue weighted by atomic mass is 35.5. The number of halogens is 1. The van der Waals surface area contributed by atoms with Gasteiger partial charge < -0.3 is 4.90 Å². The molecule has 18 heavy (non-hydrogen) atoms. The average molecular weight is 280 g/mol. The minimum atomic E-state index is 0.0955. The van der Waals surface area contributed by atoms with E-state index in [0.717, 1.165) is 41.6 Å². The second-order valence-corrected chi connectivity index (χ2v) is 6.12. The van der Waals surface area contributed by atoms with Gasteiger partial charge in [-0.3, -0.25) is 4.79 Å². The third kappa shape index (κ3) is 1.82. The van der Waals surface area contributed by atoms with E-state index in [2.05, 4.69) is 0 Å². The molecule has 1 aromatic carbocycles. The van der Waals surface area contributed by atoms with Gasteiger partial charge in [0, 0.05) is 23.2 Å². The molecule has 0 unspecified atom stereocenters. The Kier molecular flexibility index (Phi) is 3.04. The van der Waals surface area contributed by atoms with Crippen molar-refractivity contribution < 1.29 is 4.79 Å². The topological polar surface area (TPSA) is 20.3 Å². The predicted octanol–water partition coefficient (Wildman–Crippen LogP) is 4.10. The van der Waals surface area contributed by atoms with Gasteiger partial charge in [0.25, 0.3) is 5.91 Å². The normalized spacial score (nSPS) is 15.6. The SMILES string of the molecule is Cc1cccc2sc(C(=O)N3CCCC3)c(Cl)c12. The monoisotopic (exact) mass is 279 g/mol. The zero-order chi connectivity index (χ0) is 12.7. The van der Waals surface area contributed by atoms with Crippen LogP contribution < -0.4 is 0 Å². The van der Waals surface area contributed by atoms with E-state index in [1.807, 2.05) is 30.0 Å². The van der Waals surface area contributed by atoms with E-state index in [1.165, 1.54) is 11.3 Å². The maximum Gasteiger partial charge on any atom is 0.265 e. The number of rotatable bonds is 1. The summed E-state index contributed by atoms with van der Waals surface area (Å²) in [6, 6.07) is 6.07. The number of thiophene rings is 1. The lowest BCUT2D eigenvalue weighted by atomic mass is 10.1. The van der Waals surface area contributed by atoms with Crippen molar-refractivity contribution in [3.8, 4) is 0 Å². The third-order valence-corrected chi connectivity index (χ3v) is 5.09. The fraction of sp³-hybridized carbons (Fsp3) is 0.357. The maximum atomic E-state index is 12.4. The van der Waals surface area contributed by atoms with Crippen molar-refractivity contribution in [2.24, 2.45) is 0 Å². The van der Waals surface area contributed by atoms with Crippen molar-refractivity contribution in [1.29, 1.82) is 0 Å². The molecule has 1 aliphatic heterocycles. The number of amides is 1. The van der Waals surface area contributed by atoms with Gasteiger partial charge in [-0.1, -0.05) is 23.7 Å². The number of aryl methyl sites for hydroxylation is 1. The van der Waals surface area contributed by atoms with Gasteiger partial charge in [-0.25, -0.2) is 0 Å². The summed E-state index contributed by atoms with van der Waals surface area (Å²) in [6.07, 6.45) is 2.21. The predicted molar refractivity (Wildman–Crippen MR) is 76.7 cm³/mol. The van der Waals surface area contributed by atoms with Gasteiger partial charge in [-0.05, 0) is 31.4 Å². The molecule has 1 saturated heterocycles. The minimum absolute atomic E-state index is 0.0955. The first kappa shape index (κ1) is 12.0. The summed E-state index contributed by atoms with van der Waals surface area (Å²) >= 11 is 7.91. The quantitative estimate of drug-likeness (QED) is 0.770. The molecule has 1 aromatic heterocycles. The Balaban J connectivity index is 2.09. The lowest BCUT2D eigenvalue weighted by molar-refractivity contribution is 0.0798. The molecule has 1 amide bonds. The largest absolute Gasteiger partial charge is 0.338 e. The second-order valence-electron chi connectivity index (χ2n) is 4.69. The van der Waals surface area contributed by atoms with Gasteiger partial charge in [0.1, 0.15) is 4.88 Å². The standard InChI is InChI=1S/C14H14ClNOS/c1-9-5-4-6-10-11(9)12(15)13(18-10)14(17)16-7-2-3-8-16/h4-6H,2-3,7-8H2,1H3. The molecule has 2 nitrogen and oxygen atoms in total. The summed E-state index contributed by atoms with van der Waals surface area (Å²) in [7, 11) is 0. The van der Waals surface area contributed by atoms with Crippen molar-refractivity contribution in [2.75, 3.05) is 13.1 Å². The summed E-state index contributed by atoms with van der Waals surface area (Å²) in [5, 5.41) is 1.66. The van der Waals surface area contributed by atoms with Crippen molar-refractivity contribution in [1.82, 2.24) is 4.90 Å². The molecule has 0 bridgehead atoms. The maximum absolute atomic E-state index is 12.4. The summed E-state index contributed by atoms with van der Waals surface area (Å²) in [4.78, 5) is 15.0. The Morgan fingerprint density at radius 1 is 1.33 bits per heavy atom. The number of hydrogen-bond acceptors (Lipinski definition) is 2. The first-order valence-electron chi connectivity index (χ1n) is 6.15. The third-order valence-electron chi connectivity index (χ3n) is 3.45. The first-order chi connectivity index (χ1) is 8.68. The molecule has 0 radical (unpaired) electrons. The molecule has 3 rings (SSSR count). The van der Waals surface area contributed by atoms with Crippen LogP contribution in [0.4, 0.5) is 0 Å². The van der Waals surface area contributed by atoms with Crippen LogP contribution in [0.1, 0.15) is 28.1 Å². The number of carbonyl (C=O) groups excluding carboxylic acids is 1. The molecule has 0 N–H and O–H groups in total. The van der Waals surface area contributed by atoms with E-state index in [0.29, 0.717) is 9.90 Å². The van der Waals surface area contributed by atoms with Gasteiger partial charge in [0.2, 0.25) is 0 Å². The Bertz CT molecular complexity index is 614. The van der Waals surface area contributed by atoms with Crippen molar-refractivity contribution in [3.05, 3.63) is 33.7 Å². The second kappa shape index (κ2) is 4.56. The van der Waals surface area contributed by atoms with Gasteiger partial charge in [0.05, 0.1) is 5.02 Å². The molecule has 4 heteroatoms. The lowest BCUT2D eigenvalue weighted by Crippen LogP contribution is -2.26. The van der Waals surface area contributed by atoms with E-state index in [9.17, 15) is 4.79 Å².